The maximum atomic E-state index is 13.0. The van der Waals surface area contributed by atoms with E-state index in [9.17, 15) is 13.2 Å². The van der Waals surface area contributed by atoms with Crippen molar-refractivity contribution in [1.82, 2.24) is 15.0 Å². The molecule has 1 saturated carbocycles. The smallest absolute Gasteiger partial charge is 0.351 e. The molecule has 29 heavy (non-hydrogen) atoms. The topological polar surface area (TPSA) is 88.8 Å². The molecule has 1 aromatic carbocycles. The van der Waals surface area contributed by atoms with Gasteiger partial charge in [0.2, 0.25) is 5.95 Å². The maximum Gasteiger partial charge on any atom is 0.416 e. The van der Waals surface area contributed by atoms with Crippen LogP contribution in [0.25, 0.3) is 10.9 Å². The van der Waals surface area contributed by atoms with E-state index in [-0.39, 0.29) is 17.8 Å². The number of pyridine rings is 1. The molecule has 152 valence electrons. The molecule has 0 radical (unpaired) electrons. The quantitative estimate of drug-likeness (QED) is 0.597. The fourth-order valence-electron chi connectivity index (χ4n) is 3.58. The second-order valence-corrected chi connectivity index (χ2v) is 7.26. The van der Waals surface area contributed by atoms with Gasteiger partial charge in [0.1, 0.15) is 5.82 Å². The van der Waals surface area contributed by atoms with Gasteiger partial charge in [0.15, 0.2) is 0 Å². The Labute approximate surface area is 165 Å². The fraction of sp³-hybridized carbons (Fsp3) is 0.350. The van der Waals surface area contributed by atoms with Crippen LogP contribution in [0.3, 0.4) is 0 Å². The fourth-order valence-corrected chi connectivity index (χ4v) is 3.58. The first-order chi connectivity index (χ1) is 13.9. The molecule has 2 atom stereocenters. The van der Waals surface area contributed by atoms with Crippen LogP contribution in [0.15, 0.2) is 42.7 Å². The Morgan fingerprint density at radius 3 is 2.76 bits per heavy atom. The van der Waals surface area contributed by atoms with Crippen LogP contribution in [0.2, 0.25) is 0 Å². The van der Waals surface area contributed by atoms with Crippen LogP contribution in [-0.2, 0) is 6.18 Å². The predicted molar refractivity (Wildman–Crippen MR) is 106 cm³/mol. The molecule has 0 bridgehead atoms. The number of hydrogen-bond acceptors (Lipinski definition) is 6. The highest BCUT2D eigenvalue weighted by atomic mass is 19.4. The number of alkyl halides is 3. The zero-order valence-corrected chi connectivity index (χ0v) is 15.6. The van der Waals surface area contributed by atoms with Gasteiger partial charge < -0.3 is 16.4 Å². The van der Waals surface area contributed by atoms with E-state index in [0.29, 0.717) is 22.7 Å². The Morgan fingerprint density at radius 1 is 1.10 bits per heavy atom. The first kappa shape index (κ1) is 19.4. The summed E-state index contributed by atoms with van der Waals surface area (Å²) in [7, 11) is 0. The van der Waals surface area contributed by atoms with Gasteiger partial charge in [-0.1, -0.05) is 6.07 Å². The van der Waals surface area contributed by atoms with E-state index in [0.717, 1.165) is 37.8 Å². The lowest BCUT2D eigenvalue weighted by molar-refractivity contribution is -0.137. The number of nitrogens with two attached hydrogens (primary N) is 1. The number of nitrogens with one attached hydrogen (secondary N) is 2. The van der Waals surface area contributed by atoms with E-state index in [2.05, 4.69) is 25.6 Å². The summed E-state index contributed by atoms with van der Waals surface area (Å²) in [6, 6.07) is 7.06. The molecule has 2 heterocycles. The van der Waals surface area contributed by atoms with Crippen molar-refractivity contribution in [2.75, 3.05) is 10.6 Å². The van der Waals surface area contributed by atoms with E-state index in [1.54, 1.807) is 24.5 Å². The first-order valence-corrected chi connectivity index (χ1v) is 9.46. The first-order valence-electron chi connectivity index (χ1n) is 9.46. The summed E-state index contributed by atoms with van der Waals surface area (Å²) in [5.41, 5.74) is 6.26. The Morgan fingerprint density at radius 2 is 1.97 bits per heavy atom. The highest BCUT2D eigenvalue weighted by molar-refractivity contribution is 5.91. The lowest BCUT2D eigenvalue weighted by Crippen LogP contribution is -2.35. The van der Waals surface area contributed by atoms with E-state index in [4.69, 9.17) is 5.73 Å². The van der Waals surface area contributed by atoms with Gasteiger partial charge in [-0.25, -0.2) is 4.98 Å². The Hall–Kier alpha value is -2.94. The number of nitrogens with zero attached hydrogens (tertiary/aromatic N) is 3. The van der Waals surface area contributed by atoms with Gasteiger partial charge in [-0.3, -0.25) is 4.98 Å². The van der Waals surface area contributed by atoms with Crippen LogP contribution in [0, 0.1) is 0 Å². The monoisotopic (exact) mass is 402 g/mol. The van der Waals surface area contributed by atoms with Gasteiger partial charge in [0, 0.05) is 30.2 Å². The molecule has 9 heteroatoms. The van der Waals surface area contributed by atoms with Crippen LogP contribution >= 0.6 is 0 Å². The third-order valence-electron chi connectivity index (χ3n) is 5.00. The lowest BCUT2D eigenvalue weighted by Gasteiger charge is -2.27. The third-order valence-corrected chi connectivity index (χ3v) is 5.00. The second-order valence-electron chi connectivity index (χ2n) is 7.26. The number of halogens is 3. The molecule has 4 rings (SSSR count). The standard InChI is InChI=1S/C20H21F3N6/c21-20(22,23)12-3-1-5-14(9-12)26-18-16-11-25-8-7-17(16)28-19(29-18)27-15-6-2-4-13(24)10-15/h1,3,5,7-9,11,13,15H,2,4,6,10,24H2,(H2,26,27,28,29). The Balaban J connectivity index is 1.66. The molecule has 4 N–H and O–H groups in total. The molecule has 0 aliphatic heterocycles. The third kappa shape index (κ3) is 4.56. The van der Waals surface area contributed by atoms with Crippen molar-refractivity contribution in [3.05, 3.63) is 48.3 Å². The number of fused-ring (bicyclic) bond motifs is 1. The van der Waals surface area contributed by atoms with Gasteiger partial charge in [0.25, 0.3) is 0 Å². The normalized spacial score (nSPS) is 19.9. The molecule has 1 aliphatic carbocycles. The zero-order valence-electron chi connectivity index (χ0n) is 15.6. The molecule has 2 unspecified atom stereocenters. The summed E-state index contributed by atoms with van der Waals surface area (Å²) < 4.78 is 39.1. The zero-order chi connectivity index (χ0) is 20.4. The van der Waals surface area contributed by atoms with E-state index in [1.165, 1.54) is 6.07 Å². The summed E-state index contributed by atoms with van der Waals surface area (Å²) in [5.74, 6) is 0.808. The largest absolute Gasteiger partial charge is 0.416 e. The van der Waals surface area contributed by atoms with Crippen LogP contribution in [0.4, 0.5) is 30.6 Å². The Bertz CT molecular complexity index is 1010. The number of anilines is 3. The van der Waals surface area contributed by atoms with E-state index >= 15 is 0 Å². The number of rotatable bonds is 4. The minimum atomic E-state index is -4.42. The molecule has 1 fully saturated rings. The summed E-state index contributed by atoms with van der Waals surface area (Å²) in [6.45, 7) is 0. The van der Waals surface area contributed by atoms with Crippen molar-refractivity contribution >= 4 is 28.4 Å². The summed E-state index contributed by atoms with van der Waals surface area (Å²) in [5, 5.41) is 6.93. The summed E-state index contributed by atoms with van der Waals surface area (Å²) in [4.78, 5) is 13.1. The van der Waals surface area contributed by atoms with E-state index in [1.807, 2.05) is 0 Å². The van der Waals surface area contributed by atoms with Crippen molar-refractivity contribution in [1.29, 1.82) is 0 Å². The average Bonchev–Trinajstić information content (AvgIpc) is 2.68. The number of benzene rings is 1. The number of aromatic nitrogens is 3. The molecule has 0 spiro atoms. The van der Waals surface area contributed by atoms with Gasteiger partial charge >= 0.3 is 6.18 Å². The molecular weight excluding hydrogens is 381 g/mol. The molecule has 1 aliphatic rings. The van der Waals surface area contributed by atoms with Crippen LogP contribution in [-0.4, -0.2) is 27.0 Å². The van der Waals surface area contributed by atoms with Gasteiger partial charge in [0.05, 0.1) is 16.5 Å². The van der Waals surface area contributed by atoms with Crippen molar-refractivity contribution in [3.63, 3.8) is 0 Å². The predicted octanol–water partition coefficient (Wildman–Crippen LogP) is 4.47. The average molecular weight is 402 g/mol. The van der Waals surface area contributed by atoms with Crippen LogP contribution < -0.4 is 16.4 Å². The van der Waals surface area contributed by atoms with Crippen molar-refractivity contribution in [3.8, 4) is 0 Å². The van der Waals surface area contributed by atoms with E-state index < -0.39 is 11.7 Å². The van der Waals surface area contributed by atoms with Crippen LogP contribution in [0.1, 0.15) is 31.2 Å². The molecule has 0 amide bonds. The van der Waals surface area contributed by atoms with Gasteiger partial charge in [-0.2, -0.15) is 18.2 Å². The van der Waals surface area contributed by atoms with Crippen molar-refractivity contribution in [2.45, 2.75) is 43.9 Å². The molecule has 2 aromatic heterocycles. The van der Waals surface area contributed by atoms with Crippen LogP contribution in [0.5, 0.6) is 0 Å². The highest BCUT2D eigenvalue weighted by Gasteiger charge is 2.30. The van der Waals surface area contributed by atoms with Gasteiger partial charge in [-0.15, -0.1) is 0 Å². The highest BCUT2D eigenvalue weighted by Crippen LogP contribution is 2.32. The van der Waals surface area contributed by atoms with Crippen molar-refractivity contribution < 1.29 is 13.2 Å². The number of hydrogen-bond donors (Lipinski definition) is 3. The minimum Gasteiger partial charge on any atom is -0.351 e. The minimum absolute atomic E-state index is 0.147. The maximum absolute atomic E-state index is 13.0. The lowest BCUT2D eigenvalue weighted by atomic mass is 9.92. The molecule has 6 nitrogen and oxygen atoms in total. The Kier molecular flexibility index (Phi) is 5.23. The molecular formula is C20H21F3N6. The second kappa shape index (κ2) is 7.82. The SMILES string of the molecule is NC1CCCC(Nc2nc(Nc3cccc(C(F)(F)F)c3)c3cnccc3n2)C1. The summed E-state index contributed by atoms with van der Waals surface area (Å²) in [6.07, 6.45) is 2.63. The molecule has 0 saturated heterocycles. The summed E-state index contributed by atoms with van der Waals surface area (Å²) >= 11 is 0. The molecule has 3 aromatic rings. The van der Waals surface area contributed by atoms with Gasteiger partial charge in [-0.05, 0) is 49.9 Å². The van der Waals surface area contributed by atoms with Crippen molar-refractivity contribution in [2.24, 2.45) is 5.73 Å².